The first kappa shape index (κ1) is 20.9. The fraction of sp³-hybridized carbons (Fsp3) is 0.280. The number of amides is 1. The predicted octanol–water partition coefficient (Wildman–Crippen LogP) is 4.23. The highest BCUT2D eigenvalue weighted by atomic mass is 16.5. The maximum absolute atomic E-state index is 13.3. The van der Waals surface area contributed by atoms with E-state index in [1.165, 1.54) is 5.56 Å². The molecule has 0 fully saturated rings. The molecule has 0 saturated carbocycles. The second-order valence-electron chi connectivity index (χ2n) is 7.40. The van der Waals surface area contributed by atoms with Crippen LogP contribution in [0.5, 0.6) is 17.4 Å². The molecule has 0 spiro atoms. The van der Waals surface area contributed by atoms with Gasteiger partial charge in [0, 0.05) is 38.9 Å². The molecule has 160 valence electrons. The summed E-state index contributed by atoms with van der Waals surface area (Å²) in [6, 6.07) is 21.4. The minimum atomic E-state index is -0.0806. The standard InChI is InChI=1S/C25H27N3O3/c1-2-28-16-15-27(19-20-9-4-3-5-10-20)17-18-30-22-12-6-7-13-23(22)31-24-21(25(28)29)11-8-14-26-24/h3-14H,2,15-19H2,1H3. The largest absolute Gasteiger partial charge is 0.488 e. The van der Waals surface area contributed by atoms with Gasteiger partial charge in [0.2, 0.25) is 5.88 Å². The summed E-state index contributed by atoms with van der Waals surface area (Å²) in [5.41, 5.74) is 1.69. The number of carbonyl (C=O) groups excluding carboxylic acids is 1. The Morgan fingerprint density at radius 2 is 1.68 bits per heavy atom. The highest BCUT2D eigenvalue weighted by Crippen LogP contribution is 2.32. The van der Waals surface area contributed by atoms with Crippen LogP contribution in [0.25, 0.3) is 0 Å². The number of hydrogen-bond acceptors (Lipinski definition) is 5. The van der Waals surface area contributed by atoms with Gasteiger partial charge in [-0.05, 0) is 36.8 Å². The number of likely N-dealkylation sites (N-methyl/N-ethyl adjacent to an activating group) is 1. The van der Waals surface area contributed by atoms with Crippen LogP contribution < -0.4 is 9.47 Å². The highest BCUT2D eigenvalue weighted by molar-refractivity contribution is 5.96. The van der Waals surface area contributed by atoms with Crippen LogP contribution in [-0.2, 0) is 6.54 Å². The van der Waals surface area contributed by atoms with Crippen molar-refractivity contribution in [2.75, 3.05) is 32.8 Å². The number of benzene rings is 2. The van der Waals surface area contributed by atoms with Gasteiger partial charge in [-0.3, -0.25) is 9.69 Å². The van der Waals surface area contributed by atoms with Gasteiger partial charge >= 0.3 is 0 Å². The lowest BCUT2D eigenvalue weighted by Crippen LogP contribution is -2.39. The van der Waals surface area contributed by atoms with E-state index >= 15 is 0 Å². The summed E-state index contributed by atoms with van der Waals surface area (Å²) < 4.78 is 12.1. The molecule has 0 bridgehead atoms. The van der Waals surface area contributed by atoms with E-state index in [9.17, 15) is 4.79 Å². The minimum Gasteiger partial charge on any atom is -0.488 e. The van der Waals surface area contributed by atoms with E-state index in [2.05, 4.69) is 22.0 Å². The van der Waals surface area contributed by atoms with Crippen LogP contribution in [0, 0.1) is 0 Å². The summed E-state index contributed by atoms with van der Waals surface area (Å²) in [5, 5.41) is 0. The van der Waals surface area contributed by atoms with Crippen molar-refractivity contribution >= 4 is 5.91 Å². The number of fused-ring (bicyclic) bond motifs is 2. The van der Waals surface area contributed by atoms with Gasteiger partial charge in [-0.25, -0.2) is 4.98 Å². The van der Waals surface area contributed by atoms with Crippen molar-refractivity contribution in [3.63, 3.8) is 0 Å². The SMILES string of the molecule is CCN1CCN(Cc2ccccc2)CCOc2ccccc2Oc2ncccc2C1=O. The van der Waals surface area contributed by atoms with Crippen LogP contribution in [0.1, 0.15) is 22.8 Å². The highest BCUT2D eigenvalue weighted by Gasteiger charge is 2.22. The van der Waals surface area contributed by atoms with Crippen LogP contribution in [0.15, 0.2) is 72.9 Å². The number of rotatable bonds is 3. The van der Waals surface area contributed by atoms with Gasteiger partial charge in [0.05, 0.1) is 0 Å². The van der Waals surface area contributed by atoms with E-state index in [4.69, 9.17) is 9.47 Å². The summed E-state index contributed by atoms with van der Waals surface area (Å²) in [6.07, 6.45) is 1.63. The third-order valence-corrected chi connectivity index (χ3v) is 5.33. The Morgan fingerprint density at radius 3 is 2.48 bits per heavy atom. The van der Waals surface area contributed by atoms with Gasteiger partial charge in [-0.15, -0.1) is 0 Å². The summed E-state index contributed by atoms with van der Waals surface area (Å²) in [6.45, 7) is 6.01. The van der Waals surface area contributed by atoms with Crippen molar-refractivity contribution < 1.29 is 14.3 Å². The topological polar surface area (TPSA) is 54.9 Å². The predicted molar refractivity (Wildman–Crippen MR) is 120 cm³/mol. The summed E-state index contributed by atoms with van der Waals surface area (Å²) in [5.74, 6) is 1.40. The van der Waals surface area contributed by atoms with E-state index in [0.29, 0.717) is 42.6 Å². The van der Waals surface area contributed by atoms with Crippen molar-refractivity contribution in [1.29, 1.82) is 0 Å². The van der Waals surface area contributed by atoms with Gasteiger partial charge in [0.15, 0.2) is 11.5 Å². The molecule has 6 heteroatoms. The van der Waals surface area contributed by atoms with E-state index in [0.717, 1.165) is 19.6 Å². The molecule has 0 unspecified atom stereocenters. The maximum atomic E-state index is 13.3. The Kier molecular flexibility index (Phi) is 6.79. The number of nitrogens with zero attached hydrogens (tertiary/aromatic N) is 3. The third-order valence-electron chi connectivity index (χ3n) is 5.33. The molecule has 1 aliphatic rings. The first-order valence-corrected chi connectivity index (χ1v) is 10.6. The zero-order chi connectivity index (χ0) is 21.5. The summed E-state index contributed by atoms with van der Waals surface area (Å²) >= 11 is 0. The van der Waals surface area contributed by atoms with Crippen LogP contribution in [0.3, 0.4) is 0 Å². The molecule has 1 aromatic heterocycles. The van der Waals surface area contributed by atoms with Crippen LogP contribution in [-0.4, -0.2) is 53.5 Å². The molecule has 0 N–H and O–H groups in total. The van der Waals surface area contributed by atoms with Gasteiger partial charge in [0.25, 0.3) is 5.91 Å². The van der Waals surface area contributed by atoms with Gasteiger partial charge in [0.1, 0.15) is 12.2 Å². The Bertz CT molecular complexity index is 1010. The van der Waals surface area contributed by atoms with E-state index in [1.54, 1.807) is 18.3 Å². The zero-order valence-corrected chi connectivity index (χ0v) is 17.7. The molecular weight excluding hydrogens is 390 g/mol. The molecule has 0 aliphatic carbocycles. The fourth-order valence-corrected chi connectivity index (χ4v) is 3.62. The van der Waals surface area contributed by atoms with Crippen LogP contribution in [0.2, 0.25) is 0 Å². The molecule has 0 atom stereocenters. The van der Waals surface area contributed by atoms with Crippen molar-refractivity contribution in [3.8, 4) is 17.4 Å². The summed E-state index contributed by atoms with van der Waals surface area (Å²) in [4.78, 5) is 21.8. The van der Waals surface area contributed by atoms with E-state index in [-0.39, 0.29) is 5.91 Å². The van der Waals surface area contributed by atoms with Gasteiger partial charge < -0.3 is 14.4 Å². The first-order valence-electron chi connectivity index (χ1n) is 10.6. The Balaban J connectivity index is 1.65. The lowest BCUT2D eigenvalue weighted by molar-refractivity contribution is 0.0736. The first-order chi connectivity index (χ1) is 15.2. The Hall–Kier alpha value is -3.38. The number of para-hydroxylation sites is 2. The van der Waals surface area contributed by atoms with Crippen molar-refractivity contribution in [1.82, 2.24) is 14.8 Å². The summed E-state index contributed by atoms with van der Waals surface area (Å²) in [7, 11) is 0. The molecule has 2 aromatic carbocycles. The Labute approximate surface area is 183 Å². The molecule has 2 heterocycles. The van der Waals surface area contributed by atoms with E-state index in [1.807, 2.05) is 54.3 Å². The molecule has 1 amide bonds. The molecule has 0 radical (unpaired) electrons. The third kappa shape index (κ3) is 5.22. The fourth-order valence-electron chi connectivity index (χ4n) is 3.62. The lowest BCUT2D eigenvalue weighted by atomic mass is 10.2. The molecular formula is C25H27N3O3. The zero-order valence-electron chi connectivity index (χ0n) is 17.7. The van der Waals surface area contributed by atoms with Crippen molar-refractivity contribution in [2.45, 2.75) is 13.5 Å². The second-order valence-corrected chi connectivity index (χ2v) is 7.40. The number of hydrogen-bond donors (Lipinski definition) is 0. The number of pyridine rings is 1. The van der Waals surface area contributed by atoms with E-state index < -0.39 is 0 Å². The molecule has 3 aromatic rings. The average molecular weight is 418 g/mol. The normalized spacial score (nSPS) is 15.4. The lowest BCUT2D eigenvalue weighted by Gasteiger charge is -2.27. The minimum absolute atomic E-state index is 0.0806. The maximum Gasteiger partial charge on any atom is 0.259 e. The average Bonchev–Trinajstić information content (AvgIpc) is 2.81. The van der Waals surface area contributed by atoms with Crippen molar-refractivity contribution in [2.24, 2.45) is 0 Å². The number of carbonyl (C=O) groups is 1. The van der Waals surface area contributed by atoms with Crippen LogP contribution in [0.4, 0.5) is 0 Å². The van der Waals surface area contributed by atoms with Gasteiger partial charge in [-0.2, -0.15) is 0 Å². The van der Waals surface area contributed by atoms with Gasteiger partial charge in [-0.1, -0.05) is 42.5 Å². The number of aromatic nitrogens is 1. The molecule has 4 rings (SSSR count). The van der Waals surface area contributed by atoms with Crippen molar-refractivity contribution in [3.05, 3.63) is 84.1 Å². The molecule has 6 nitrogen and oxygen atoms in total. The Morgan fingerprint density at radius 1 is 0.903 bits per heavy atom. The second kappa shape index (κ2) is 10.1. The molecule has 0 saturated heterocycles. The monoisotopic (exact) mass is 417 g/mol. The van der Waals surface area contributed by atoms with Crippen LogP contribution >= 0.6 is 0 Å². The number of ether oxygens (including phenoxy) is 2. The quantitative estimate of drug-likeness (QED) is 0.638. The smallest absolute Gasteiger partial charge is 0.259 e. The molecule has 1 aliphatic heterocycles. The molecule has 31 heavy (non-hydrogen) atoms.